The number of ether oxygens (including phenoxy) is 4. The van der Waals surface area contributed by atoms with E-state index in [1.165, 1.54) is 9.80 Å². The number of nitrogens with zero attached hydrogens (tertiary/aromatic N) is 2. The van der Waals surface area contributed by atoms with Gasteiger partial charge in [0.05, 0.1) is 54.1 Å². The third kappa shape index (κ3) is 12.1. The Morgan fingerprint density at radius 3 is 1.17 bits per heavy atom. The van der Waals surface area contributed by atoms with Crippen LogP contribution in [0.25, 0.3) is 0 Å². The molecule has 48 heavy (non-hydrogen) atoms. The number of rotatable bonds is 19. The van der Waals surface area contributed by atoms with Crippen molar-refractivity contribution >= 4 is 35.7 Å². The number of esters is 4. The molecule has 0 aliphatic rings. The van der Waals surface area contributed by atoms with Gasteiger partial charge in [-0.2, -0.15) is 0 Å². The number of hydrogen-bond donors (Lipinski definition) is 2. The van der Waals surface area contributed by atoms with Crippen LogP contribution in [0.1, 0.15) is 49.7 Å². The van der Waals surface area contributed by atoms with Gasteiger partial charge in [0.2, 0.25) is 11.8 Å². The minimum absolute atomic E-state index is 0.126. The standard InChI is InChI=1S/C34H44N2O12/c1-45-29(39)21-33(43,31(41)47-3)19-27(37)35(23-25-13-7-5-8-14-25)17-11-12-18-36(24-26-15-9-6-10-16-26)28(38)20-34(44,32(42)48-4)22-30(40)46-2/h5-10,13-16,43-44H,11-12,17-24H2,1-4H3/t33-,34-/m1/s1. The fourth-order valence-corrected chi connectivity index (χ4v) is 4.94. The summed E-state index contributed by atoms with van der Waals surface area (Å²) in [4.78, 5) is 78.7. The molecule has 2 atom stereocenters. The third-order valence-corrected chi connectivity index (χ3v) is 7.59. The van der Waals surface area contributed by atoms with E-state index in [0.29, 0.717) is 12.8 Å². The Kier molecular flexibility index (Phi) is 15.7. The normalized spacial score (nSPS) is 13.2. The van der Waals surface area contributed by atoms with Crippen LogP contribution >= 0.6 is 0 Å². The highest BCUT2D eigenvalue weighted by atomic mass is 16.6. The Labute approximate surface area is 279 Å². The lowest BCUT2D eigenvalue weighted by Gasteiger charge is -2.30. The molecule has 0 heterocycles. The second kappa shape index (κ2) is 19.1. The Morgan fingerprint density at radius 1 is 0.542 bits per heavy atom. The highest BCUT2D eigenvalue weighted by Gasteiger charge is 2.44. The summed E-state index contributed by atoms with van der Waals surface area (Å²) >= 11 is 0. The van der Waals surface area contributed by atoms with E-state index in [1.807, 2.05) is 12.1 Å². The van der Waals surface area contributed by atoms with Crippen LogP contribution in [0, 0.1) is 0 Å². The molecule has 0 saturated carbocycles. The molecule has 14 nitrogen and oxygen atoms in total. The Hall–Kier alpha value is -4.82. The van der Waals surface area contributed by atoms with Crippen molar-refractivity contribution < 1.29 is 57.9 Å². The second-order valence-corrected chi connectivity index (χ2v) is 11.2. The summed E-state index contributed by atoms with van der Waals surface area (Å²) < 4.78 is 18.5. The number of unbranched alkanes of at least 4 members (excludes halogenated alkanes) is 1. The van der Waals surface area contributed by atoms with E-state index in [4.69, 9.17) is 0 Å². The van der Waals surface area contributed by atoms with Crippen LogP contribution in [0.15, 0.2) is 60.7 Å². The molecule has 0 unspecified atom stereocenters. The lowest BCUT2D eigenvalue weighted by atomic mass is 9.94. The molecule has 262 valence electrons. The smallest absolute Gasteiger partial charge is 0.339 e. The highest BCUT2D eigenvalue weighted by molar-refractivity contribution is 5.92. The van der Waals surface area contributed by atoms with Crippen molar-refractivity contribution in [2.45, 2.75) is 62.8 Å². The average Bonchev–Trinajstić information content (AvgIpc) is 3.08. The lowest BCUT2D eigenvalue weighted by molar-refractivity contribution is -0.172. The van der Waals surface area contributed by atoms with Gasteiger partial charge in [0.15, 0.2) is 11.2 Å². The summed E-state index contributed by atoms with van der Waals surface area (Å²) in [7, 11) is 4.23. The fourth-order valence-electron chi connectivity index (χ4n) is 4.94. The van der Waals surface area contributed by atoms with Crippen molar-refractivity contribution in [3.8, 4) is 0 Å². The van der Waals surface area contributed by atoms with Crippen LogP contribution < -0.4 is 0 Å². The first-order valence-electron chi connectivity index (χ1n) is 15.2. The zero-order valence-corrected chi connectivity index (χ0v) is 27.7. The van der Waals surface area contributed by atoms with Crippen LogP contribution in [-0.4, -0.2) is 108 Å². The van der Waals surface area contributed by atoms with E-state index in [0.717, 1.165) is 39.6 Å². The maximum atomic E-state index is 13.5. The van der Waals surface area contributed by atoms with Crippen molar-refractivity contribution in [2.75, 3.05) is 41.5 Å². The van der Waals surface area contributed by atoms with E-state index in [-0.39, 0.29) is 26.2 Å². The summed E-state index contributed by atoms with van der Waals surface area (Å²) in [6.45, 7) is 0.541. The second-order valence-electron chi connectivity index (χ2n) is 11.2. The number of hydrogen-bond acceptors (Lipinski definition) is 12. The molecule has 0 aromatic heterocycles. The van der Waals surface area contributed by atoms with Gasteiger partial charge in [-0.1, -0.05) is 60.7 Å². The number of methoxy groups -OCH3 is 4. The van der Waals surface area contributed by atoms with Gasteiger partial charge >= 0.3 is 23.9 Å². The Bertz CT molecular complexity index is 1280. The Balaban J connectivity index is 2.25. The number of carbonyl (C=O) groups is 6. The van der Waals surface area contributed by atoms with Crippen molar-refractivity contribution in [3.63, 3.8) is 0 Å². The summed E-state index contributed by atoms with van der Waals surface area (Å²) in [6.07, 6.45) is -2.35. The molecule has 2 N–H and O–H groups in total. The van der Waals surface area contributed by atoms with Gasteiger partial charge in [-0.25, -0.2) is 9.59 Å². The molecule has 0 spiro atoms. The van der Waals surface area contributed by atoms with E-state index in [2.05, 4.69) is 18.9 Å². The summed E-state index contributed by atoms with van der Waals surface area (Å²) in [5.74, 6) is -5.37. The van der Waals surface area contributed by atoms with E-state index in [9.17, 15) is 39.0 Å². The summed E-state index contributed by atoms with van der Waals surface area (Å²) in [6, 6.07) is 18.0. The van der Waals surface area contributed by atoms with Gasteiger partial charge in [0.1, 0.15) is 0 Å². The zero-order valence-electron chi connectivity index (χ0n) is 27.7. The molecular weight excluding hydrogens is 628 g/mol. The molecule has 0 aliphatic carbocycles. The summed E-state index contributed by atoms with van der Waals surface area (Å²) in [5.41, 5.74) is -3.36. The van der Waals surface area contributed by atoms with Crippen LogP contribution in [0.4, 0.5) is 0 Å². The maximum Gasteiger partial charge on any atom is 0.339 e. The predicted octanol–water partition coefficient (Wildman–Crippen LogP) is 1.54. The summed E-state index contributed by atoms with van der Waals surface area (Å²) in [5, 5.41) is 22.0. The first-order valence-corrected chi connectivity index (χ1v) is 15.2. The molecule has 0 radical (unpaired) electrons. The minimum atomic E-state index is -2.45. The van der Waals surface area contributed by atoms with Gasteiger partial charge < -0.3 is 39.0 Å². The Morgan fingerprint density at radius 2 is 0.875 bits per heavy atom. The van der Waals surface area contributed by atoms with Crippen molar-refractivity contribution in [3.05, 3.63) is 71.8 Å². The van der Waals surface area contributed by atoms with E-state index >= 15 is 0 Å². The number of benzene rings is 2. The van der Waals surface area contributed by atoms with Gasteiger partial charge in [0, 0.05) is 26.2 Å². The molecule has 2 rings (SSSR count). The molecule has 0 aliphatic heterocycles. The molecule has 2 aromatic rings. The van der Waals surface area contributed by atoms with Gasteiger partial charge in [-0.15, -0.1) is 0 Å². The van der Waals surface area contributed by atoms with Crippen LogP contribution in [-0.2, 0) is 60.8 Å². The zero-order chi connectivity index (χ0) is 35.7. The minimum Gasteiger partial charge on any atom is -0.469 e. The molecule has 2 amide bonds. The fraction of sp³-hybridized carbons (Fsp3) is 0.471. The predicted molar refractivity (Wildman–Crippen MR) is 169 cm³/mol. The molecule has 0 bridgehead atoms. The third-order valence-electron chi connectivity index (χ3n) is 7.59. The van der Waals surface area contributed by atoms with Crippen LogP contribution in [0.3, 0.4) is 0 Å². The molecule has 0 fully saturated rings. The monoisotopic (exact) mass is 672 g/mol. The van der Waals surface area contributed by atoms with Crippen molar-refractivity contribution in [1.29, 1.82) is 0 Å². The number of carbonyl (C=O) groups excluding carboxylic acids is 6. The highest BCUT2D eigenvalue weighted by Crippen LogP contribution is 2.23. The van der Waals surface area contributed by atoms with Gasteiger partial charge in [0.25, 0.3) is 0 Å². The van der Waals surface area contributed by atoms with Crippen molar-refractivity contribution in [2.24, 2.45) is 0 Å². The van der Waals surface area contributed by atoms with Gasteiger partial charge in [-0.3, -0.25) is 19.2 Å². The van der Waals surface area contributed by atoms with Crippen molar-refractivity contribution in [1.82, 2.24) is 9.80 Å². The first kappa shape index (κ1) is 39.4. The van der Waals surface area contributed by atoms with E-state index < -0.39 is 72.6 Å². The first-order chi connectivity index (χ1) is 22.8. The molecular formula is C34H44N2O12. The van der Waals surface area contributed by atoms with E-state index in [1.54, 1.807) is 48.5 Å². The average molecular weight is 673 g/mol. The SMILES string of the molecule is COC(=O)C[C@](O)(CC(=O)N(CCCCN(Cc1ccccc1)C(=O)C[C@@](O)(CC(=O)OC)C(=O)OC)Cc1ccccc1)C(=O)OC. The topological polar surface area (TPSA) is 186 Å². The van der Waals surface area contributed by atoms with Crippen LogP contribution in [0.2, 0.25) is 0 Å². The van der Waals surface area contributed by atoms with Gasteiger partial charge in [-0.05, 0) is 24.0 Å². The van der Waals surface area contributed by atoms with Crippen LogP contribution in [0.5, 0.6) is 0 Å². The molecule has 2 aromatic carbocycles. The quantitative estimate of drug-likeness (QED) is 0.125. The maximum absolute atomic E-state index is 13.5. The molecule has 0 saturated heterocycles. The number of amides is 2. The lowest BCUT2D eigenvalue weighted by Crippen LogP contribution is -2.47. The number of aliphatic hydroxyl groups is 2. The molecule has 14 heteroatoms. The largest absolute Gasteiger partial charge is 0.469 e.